The van der Waals surface area contributed by atoms with Gasteiger partial charge in [0.1, 0.15) is 0 Å². The number of nitrogens with zero attached hydrogens (tertiary/aromatic N) is 2. The predicted octanol–water partition coefficient (Wildman–Crippen LogP) is 4.38. The van der Waals surface area contributed by atoms with Crippen LogP contribution in [0.25, 0.3) is 22.2 Å². The summed E-state index contributed by atoms with van der Waals surface area (Å²) in [6.07, 6.45) is 4.46. The minimum atomic E-state index is -0.0520. The lowest BCUT2D eigenvalue weighted by Crippen LogP contribution is -2.25. The van der Waals surface area contributed by atoms with E-state index in [0.29, 0.717) is 18.0 Å². The van der Waals surface area contributed by atoms with Gasteiger partial charge in [-0.3, -0.25) is 9.78 Å². The Morgan fingerprint density at radius 2 is 2.04 bits per heavy atom. The van der Waals surface area contributed by atoms with E-state index in [1.807, 2.05) is 43.3 Å². The fourth-order valence-electron chi connectivity index (χ4n) is 2.76. The lowest BCUT2D eigenvalue weighted by molar-refractivity contribution is 0.0953. The number of aryl methyl sites for hydroxylation is 1. The number of hydrogen-bond acceptors (Lipinski definition) is 3. The minimum Gasteiger partial charge on any atom is -0.352 e. The van der Waals surface area contributed by atoms with Gasteiger partial charge in [-0.25, -0.2) is 4.98 Å². The van der Waals surface area contributed by atoms with Crippen molar-refractivity contribution < 1.29 is 4.79 Å². The number of rotatable bonds is 5. The molecule has 3 aromatic rings. The molecule has 4 heteroatoms. The maximum atomic E-state index is 12.8. The van der Waals surface area contributed by atoms with Gasteiger partial charge in [0.05, 0.1) is 16.8 Å². The second-order valence-corrected chi connectivity index (χ2v) is 6.76. The van der Waals surface area contributed by atoms with Crippen LogP contribution in [-0.2, 0) is 0 Å². The Labute approximate surface area is 148 Å². The number of fused-ring (bicyclic) bond motifs is 1. The van der Waals surface area contributed by atoms with Crippen LogP contribution in [0.3, 0.4) is 0 Å². The van der Waals surface area contributed by atoms with Gasteiger partial charge < -0.3 is 5.32 Å². The van der Waals surface area contributed by atoms with Gasteiger partial charge >= 0.3 is 0 Å². The molecule has 0 fully saturated rings. The van der Waals surface area contributed by atoms with E-state index in [1.165, 1.54) is 0 Å². The quantitative estimate of drug-likeness (QED) is 0.754. The Bertz CT molecular complexity index is 888. The maximum Gasteiger partial charge on any atom is 0.252 e. The predicted molar refractivity (Wildman–Crippen MR) is 101 cm³/mol. The van der Waals surface area contributed by atoms with Gasteiger partial charge in [0, 0.05) is 29.9 Å². The highest BCUT2D eigenvalue weighted by Gasteiger charge is 2.14. The summed E-state index contributed by atoms with van der Waals surface area (Å²) in [6, 6.07) is 11.7. The summed E-state index contributed by atoms with van der Waals surface area (Å²) < 4.78 is 0. The summed E-state index contributed by atoms with van der Waals surface area (Å²) in [5.41, 5.74) is 4.26. The minimum absolute atomic E-state index is 0.0520. The second kappa shape index (κ2) is 7.43. The zero-order valence-electron chi connectivity index (χ0n) is 14.9. The van der Waals surface area contributed by atoms with Crippen molar-refractivity contribution in [3.8, 4) is 11.3 Å². The fraction of sp³-hybridized carbons (Fsp3) is 0.286. The van der Waals surface area contributed by atoms with Gasteiger partial charge in [0.25, 0.3) is 5.91 Å². The first-order chi connectivity index (χ1) is 12.0. The van der Waals surface area contributed by atoms with Crippen LogP contribution in [0.1, 0.15) is 36.2 Å². The number of carbonyl (C=O) groups is 1. The molecule has 1 aromatic carbocycles. The number of nitrogens with one attached hydrogen (secondary N) is 1. The number of hydrogen-bond donors (Lipinski definition) is 1. The van der Waals surface area contributed by atoms with E-state index < -0.39 is 0 Å². The highest BCUT2D eigenvalue weighted by molar-refractivity contribution is 6.07. The third-order valence-corrected chi connectivity index (χ3v) is 4.17. The Balaban J connectivity index is 2.04. The molecule has 25 heavy (non-hydrogen) atoms. The Morgan fingerprint density at radius 3 is 2.76 bits per heavy atom. The van der Waals surface area contributed by atoms with Gasteiger partial charge in [-0.2, -0.15) is 0 Å². The van der Waals surface area contributed by atoms with E-state index in [0.717, 1.165) is 34.1 Å². The molecule has 0 bridgehead atoms. The average molecular weight is 333 g/mol. The smallest absolute Gasteiger partial charge is 0.252 e. The molecule has 0 aliphatic rings. The lowest BCUT2D eigenvalue weighted by atomic mass is 10.0. The Kier molecular flexibility index (Phi) is 5.08. The van der Waals surface area contributed by atoms with Crippen molar-refractivity contribution in [2.24, 2.45) is 5.92 Å². The van der Waals surface area contributed by atoms with E-state index >= 15 is 0 Å². The van der Waals surface area contributed by atoms with Crippen molar-refractivity contribution in [2.45, 2.75) is 27.2 Å². The van der Waals surface area contributed by atoms with Crippen molar-refractivity contribution in [3.05, 3.63) is 59.9 Å². The van der Waals surface area contributed by atoms with Crippen LogP contribution in [0.5, 0.6) is 0 Å². The van der Waals surface area contributed by atoms with Crippen LogP contribution < -0.4 is 5.32 Å². The molecule has 0 atom stereocenters. The molecule has 4 nitrogen and oxygen atoms in total. The van der Waals surface area contributed by atoms with E-state index in [-0.39, 0.29) is 5.91 Å². The van der Waals surface area contributed by atoms with Crippen LogP contribution in [-0.4, -0.2) is 22.4 Å². The monoisotopic (exact) mass is 333 g/mol. The number of carbonyl (C=O) groups excluding carboxylic acids is 1. The SMILES string of the molecule is Cc1ccc2nc(-c3cccnc3)cc(C(=O)NCCC(C)C)c2c1. The molecule has 0 unspecified atom stereocenters. The van der Waals surface area contributed by atoms with Crippen molar-refractivity contribution in [1.29, 1.82) is 0 Å². The molecule has 0 spiro atoms. The van der Waals surface area contributed by atoms with Gasteiger partial charge in [0.2, 0.25) is 0 Å². The molecule has 2 heterocycles. The summed E-state index contributed by atoms with van der Waals surface area (Å²) in [4.78, 5) is 21.7. The molecular weight excluding hydrogens is 310 g/mol. The van der Waals surface area contributed by atoms with Crippen LogP contribution in [0.2, 0.25) is 0 Å². The molecule has 0 saturated heterocycles. The molecule has 3 rings (SSSR count). The van der Waals surface area contributed by atoms with Gasteiger partial charge in [-0.05, 0) is 49.6 Å². The van der Waals surface area contributed by atoms with E-state index in [4.69, 9.17) is 4.98 Å². The molecule has 2 aromatic heterocycles. The van der Waals surface area contributed by atoms with Gasteiger partial charge in [-0.15, -0.1) is 0 Å². The number of benzene rings is 1. The first-order valence-electron chi connectivity index (χ1n) is 8.64. The number of amides is 1. The van der Waals surface area contributed by atoms with Gasteiger partial charge in [0.15, 0.2) is 0 Å². The van der Waals surface area contributed by atoms with Crippen LogP contribution in [0.4, 0.5) is 0 Å². The third-order valence-electron chi connectivity index (χ3n) is 4.17. The topological polar surface area (TPSA) is 54.9 Å². The summed E-state index contributed by atoms with van der Waals surface area (Å²) in [5.74, 6) is 0.506. The highest BCUT2D eigenvalue weighted by atomic mass is 16.1. The zero-order valence-corrected chi connectivity index (χ0v) is 14.9. The molecule has 0 aliphatic heterocycles. The summed E-state index contributed by atoms with van der Waals surface area (Å²) in [5, 5.41) is 3.92. The molecule has 1 amide bonds. The van der Waals surface area contributed by atoms with Gasteiger partial charge in [-0.1, -0.05) is 25.5 Å². The van der Waals surface area contributed by atoms with Crippen LogP contribution >= 0.6 is 0 Å². The normalized spacial score (nSPS) is 11.0. The molecule has 1 N–H and O–H groups in total. The molecule has 0 aliphatic carbocycles. The molecular formula is C21H23N3O. The van der Waals surface area contributed by atoms with E-state index in [9.17, 15) is 4.79 Å². The Hall–Kier alpha value is -2.75. The molecule has 0 saturated carbocycles. The van der Waals surface area contributed by atoms with E-state index in [1.54, 1.807) is 12.4 Å². The van der Waals surface area contributed by atoms with E-state index in [2.05, 4.69) is 24.1 Å². The summed E-state index contributed by atoms with van der Waals surface area (Å²) in [6.45, 7) is 7.00. The standard InChI is InChI=1S/C21H23N3O/c1-14(2)8-10-23-21(25)18-12-20(16-5-4-9-22-13-16)24-19-7-6-15(3)11-17(18)19/h4-7,9,11-14H,8,10H2,1-3H3,(H,23,25). The maximum absolute atomic E-state index is 12.8. The van der Waals surface area contributed by atoms with Crippen LogP contribution in [0.15, 0.2) is 48.8 Å². The average Bonchev–Trinajstić information content (AvgIpc) is 2.61. The summed E-state index contributed by atoms with van der Waals surface area (Å²) >= 11 is 0. The van der Waals surface area contributed by atoms with Crippen molar-refractivity contribution in [3.63, 3.8) is 0 Å². The van der Waals surface area contributed by atoms with Crippen molar-refractivity contribution in [2.75, 3.05) is 6.54 Å². The number of aromatic nitrogens is 2. The van der Waals surface area contributed by atoms with Crippen molar-refractivity contribution >= 4 is 16.8 Å². The largest absolute Gasteiger partial charge is 0.352 e. The van der Waals surface area contributed by atoms with Crippen molar-refractivity contribution in [1.82, 2.24) is 15.3 Å². The lowest BCUT2D eigenvalue weighted by Gasteiger charge is -2.12. The summed E-state index contributed by atoms with van der Waals surface area (Å²) in [7, 11) is 0. The number of pyridine rings is 2. The Morgan fingerprint density at radius 1 is 1.20 bits per heavy atom. The zero-order chi connectivity index (χ0) is 17.8. The highest BCUT2D eigenvalue weighted by Crippen LogP contribution is 2.25. The van der Waals surface area contributed by atoms with Crippen LogP contribution in [0, 0.1) is 12.8 Å². The second-order valence-electron chi connectivity index (χ2n) is 6.76. The first-order valence-corrected chi connectivity index (χ1v) is 8.64. The third kappa shape index (κ3) is 4.02. The fourth-order valence-corrected chi connectivity index (χ4v) is 2.76. The molecule has 0 radical (unpaired) electrons. The first kappa shape index (κ1) is 17.1. The molecule has 128 valence electrons.